The van der Waals surface area contributed by atoms with Gasteiger partial charge in [-0.1, -0.05) is 55.3 Å². The van der Waals surface area contributed by atoms with Gasteiger partial charge < -0.3 is 19.9 Å². The fourth-order valence-corrected chi connectivity index (χ4v) is 4.72. The number of carboxylic acids is 1. The Morgan fingerprint density at radius 2 is 1.61 bits per heavy atom. The summed E-state index contributed by atoms with van der Waals surface area (Å²) >= 11 is 0. The van der Waals surface area contributed by atoms with Crippen molar-refractivity contribution in [2.75, 3.05) is 6.61 Å². The number of hydrogen-bond donors (Lipinski definition) is 2. The quantitative estimate of drug-likeness (QED) is 0.449. The molecule has 1 saturated carbocycles. The molecule has 204 valence electrons. The Balaban J connectivity index is 1.67. The van der Waals surface area contributed by atoms with Crippen molar-refractivity contribution in [1.82, 2.24) is 5.32 Å². The van der Waals surface area contributed by atoms with Crippen molar-refractivity contribution in [3.05, 3.63) is 48.0 Å². The zero-order valence-corrected chi connectivity index (χ0v) is 22.0. The maximum atomic E-state index is 13.0. The lowest BCUT2D eigenvalue weighted by Crippen LogP contribution is -2.49. The molecular weight excluding hydrogens is 490 g/mol. The van der Waals surface area contributed by atoms with E-state index in [1.807, 2.05) is 36.4 Å². The van der Waals surface area contributed by atoms with Gasteiger partial charge in [0.2, 0.25) is 5.91 Å². The molecule has 2 N–H and O–H groups in total. The number of Topliss-reactive ketones (excluding diaryl/α,β-unsaturated/α-hetero) is 1. The maximum Gasteiger partial charge on any atom is 0.310 e. The fraction of sp³-hybridized carbons (Fsp3) is 0.483. The molecule has 2 aromatic carbocycles. The van der Waals surface area contributed by atoms with E-state index in [2.05, 4.69) is 5.32 Å². The number of benzene rings is 2. The van der Waals surface area contributed by atoms with Crippen LogP contribution in [-0.4, -0.2) is 53.0 Å². The number of ketones is 1. The third-order valence-electron chi connectivity index (χ3n) is 6.51. The van der Waals surface area contributed by atoms with E-state index in [0.29, 0.717) is 25.7 Å². The monoisotopic (exact) mass is 525 g/mol. The average Bonchev–Trinajstić information content (AvgIpc) is 2.86. The van der Waals surface area contributed by atoms with Crippen molar-refractivity contribution >= 4 is 40.4 Å². The number of hydrogen-bond acceptors (Lipinski definition) is 7. The summed E-state index contributed by atoms with van der Waals surface area (Å²) in [5.41, 5.74) is -0.0617. The summed E-state index contributed by atoms with van der Waals surface area (Å²) < 4.78 is 10.5. The van der Waals surface area contributed by atoms with Crippen LogP contribution in [0.15, 0.2) is 42.5 Å². The summed E-state index contributed by atoms with van der Waals surface area (Å²) in [5.74, 6) is -5.38. The van der Waals surface area contributed by atoms with Crippen LogP contribution in [0.25, 0.3) is 10.8 Å². The van der Waals surface area contributed by atoms with Crippen LogP contribution < -0.4 is 5.32 Å². The van der Waals surface area contributed by atoms with E-state index in [9.17, 15) is 29.1 Å². The van der Waals surface area contributed by atoms with Gasteiger partial charge in [-0.05, 0) is 49.9 Å². The zero-order valence-electron chi connectivity index (χ0n) is 22.0. The number of carbonyl (C=O) groups excluding carboxylic acids is 4. The lowest BCUT2D eigenvalue weighted by Gasteiger charge is -2.29. The predicted octanol–water partition coefficient (Wildman–Crippen LogP) is 3.60. The summed E-state index contributed by atoms with van der Waals surface area (Å²) in [6.45, 7) is 4.38. The van der Waals surface area contributed by atoms with Gasteiger partial charge in [-0.15, -0.1) is 0 Å². The second-order valence-corrected chi connectivity index (χ2v) is 10.6. The lowest BCUT2D eigenvalue weighted by atomic mass is 9.78. The van der Waals surface area contributed by atoms with Gasteiger partial charge >= 0.3 is 17.9 Å². The zero-order chi connectivity index (χ0) is 27.9. The number of amides is 1. The van der Waals surface area contributed by atoms with Gasteiger partial charge in [0.25, 0.3) is 0 Å². The molecule has 3 atom stereocenters. The van der Waals surface area contributed by atoms with Crippen LogP contribution in [0, 0.1) is 11.8 Å². The molecule has 1 aliphatic rings. The van der Waals surface area contributed by atoms with Crippen LogP contribution >= 0.6 is 0 Å². The Kier molecular flexibility index (Phi) is 9.61. The number of nitrogens with one attached hydrogen (secondary N) is 1. The summed E-state index contributed by atoms with van der Waals surface area (Å²) in [4.78, 5) is 62.7. The van der Waals surface area contributed by atoms with Crippen LogP contribution in [-0.2, 0) is 39.9 Å². The number of carbonyl (C=O) groups is 5. The van der Waals surface area contributed by atoms with Gasteiger partial charge in [0.15, 0.2) is 12.4 Å². The smallest absolute Gasteiger partial charge is 0.310 e. The highest BCUT2D eigenvalue weighted by atomic mass is 16.6. The first-order valence-electron chi connectivity index (χ1n) is 12.8. The van der Waals surface area contributed by atoms with Crippen molar-refractivity contribution in [1.29, 1.82) is 0 Å². The summed E-state index contributed by atoms with van der Waals surface area (Å²) in [6.07, 6.45) is 1.61. The highest BCUT2D eigenvalue weighted by Crippen LogP contribution is 2.30. The van der Waals surface area contributed by atoms with Crippen LogP contribution in [0.1, 0.15) is 58.4 Å². The van der Waals surface area contributed by atoms with Gasteiger partial charge in [-0.25, -0.2) is 0 Å². The topological polar surface area (TPSA) is 136 Å². The van der Waals surface area contributed by atoms with Crippen molar-refractivity contribution < 1.29 is 38.6 Å². The van der Waals surface area contributed by atoms with Crippen LogP contribution in [0.5, 0.6) is 0 Å². The number of fused-ring (bicyclic) bond motifs is 1. The van der Waals surface area contributed by atoms with E-state index in [1.54, 1.807) is 26.8 Å². The van der Waals surface area contributed by atoms with Crippen LogP contribution in [0.2, 0.25) is 0 Å². The van der Waals surface area contributed by atoms with Crippen molar-refractivity contribution in [3.8, 4) is 0 Å². The maximum absolute atomic E-state index is 13.0. The first-order valence-corrected chi connectivity index (χ1v) is 12.8. The molecule has 9 heteroatoms. The Bertz CT molecular complexity index is 1190. The first-order chi connectivity index (χ1) is 17.9. The number of rotatable bonds is 10. The lowest BCUT2D eigenvalue weighted by molar-refractivity contribution is -0.157. The Morgan fingerprint density at radius 1 is 0.947 bits per heavy atom. The van der Waals surface area contributed by atoms with E-state index in [4.69, 9.17) is 9.47 Å². The van der Waals surface area contributed by atoms with Gasteiger partial charge in [0.05, 0.1) is 24.7 Å². The highest BCUT2D eigenvalue weighted by Gasteiger charge is 2.38. The summed E-state index contributed by atoms with van der Waals surface area (Å²) in [5, 5.41) is 13.9. The second-order valence-electron chi connectivity index (χ2n) is 10.6. The third kappa shape index (κ3) is 8.13. The molecule has 0 aromatic heterocycles. The van der Waals surface area contributed by atoms with Gasteiger partial charge in [0.1, 0.15) is 11.6 Å². The largest absolute Gasteiger partial charge is 0.481 e. The number of carboxylic acid groups (broad SMARTS) is 1. The van der Waals surface area contributed by atoms with Gasteiger partial charge in [-0.3, -0.25) is 24.0 Å². The molecular formula is C29H35NO8. The molecule has 1 amide bonds. The molecule has 0 heterocycles. The minimum Gasteiger partial charge on any atom is -0.481 e. The van der Waals surface area contributed by atoms with Crippen molar-refractivity contribution in [2.45, 2.75) is 70.9 Å². The van der Waals surface area contributed by atoms with E-state index >= 15 is 0 Å². The Morgan fingerprint density at radius 3 is 2.29 bits per heavy atom. The number of esters is 2. The van der Waals surface area contributed by atoms with E-state index in [1.165, 1.54) is 0 Å². The molecule has 0 bridgehead atoms. The standard InChI is InChI=1S/C29H35NO8/c1-29(2,3)38-26(33)16-23(30-27(34)21-13-6-7-14-22(21)28(35)36)24(31)17-37-25(32)15-19-11-8-10-18-9-4-5-12-20(18)19/h4-5,8-12,21-23H,6-7,13-17H2,1-3H3,(H,30,34)(H,35,36). The average molecular weight is 526 g/mol. The summed E-state index contributed by atoms with van der Waals surface area (Å²) in [6, 6.07) is 11.8. The minimum absolute atomic E-state index is 0.0555. The Labute approximate surface area is 221 Å². The number of ether oxygens (including phenoxy) is 2. The summed E-state index contributed by atoms with van der Waals surface area (Å²) in [7, 11) is 0. The normalized spacial score (nSPS) is 18.3. The minimum atomic E-state index is -1.32. The van der Waals surface area contributed by atoms with Gasteiger partial charge in [0, 0.05) is 0 Å². The Hall–Kier alpha value is -3.75. The molecule has 3 rings (SSSR count). The fourth-order valence-electron chi connectivity index (χ4n) is 4.72. The van der Waals surface area contributed by atoms with E-state index in [-0.39, 0.29) is 6.42 Å². The van der Waals surface area contributed by atoms with Crippen LogP contribution in [0.3, 0.4) is 0 Å². The molecule has 1 fully saturated rings. The van der Waals surface area contributed by atoms with Crippen LogP contribution in [0.4, 0.5) is 0 Å². The molecule has 2 aromatic rings. The van der Waals surface area contributed by atoms with Crippen molar-refractivity contribution in [3.63, 3.8) is 0 Å². The molecule has 0 spiro atoms. The van der Waals surface area contributed by atoms with Gasteiger partial charge in [-0.2, -0.15) is 0 Å². The van der Waals surface area contributed by atoms with Crippen molar-refractivity contribution in [2.24, 2.45) is 11.8 Å². The molecule has 9 nitrogen and oxygen atoms in total. The SMILES string of the molecule is CC(C)(C)OC(=O)CC(NC(=O)C1CCCCC1C(=O)O)C(=O)COC(=O)Cc1cccc2ccccc12. The predicted molar refractivity (Wildman–Crippen MR) is 139 cm³/mol. The van der Waals surface area contributed by atoms with E-state index in [0.717, 1.165) is 16.3 Å². The molecule has 0 aliphatic heterocycles. The molecule has 0 radical (unpaired) electrons. The highest BCUT2D eigenvalue weighted by molar-refractivity contribution is 5.95. The molecule has 1 aliphatic carbocycles. The number of aliphatic carboxylic acids is 1. The molecule has 3 unspecified atom stereocenters. The molecule has 0 saturated heterocycles. The van der Waals surface area contributed by atoms with E-state index < -0.39 is 66.1 Å². The second kappa shape index (κ2) is 12.7. The third-order valence-corrected chi connectivity index (χ3v) is 6.51. The first kappa shape index (κ1) is 28.8. The molecule has 38 heavy (non-hydrogen) atoms.